The van der Waals surface area contributed by atoms with Gasteiger partial charge in [0.25, 0.3) is 0 Å². The largest absolute Gasteiger partial charge is 0.384 e. The highest BCUT2D eigenvalue weighted by Gasteiger charge is 2.27. The third kappa shape index (κ3) is 1.09. The van der Waals surface area contributed by atoms with Crippen molar-refractivity contribution in [3.63, 3.8) is 0 Å². The molecule has 0 bridgehead atoms. The maximum absolute atomic E-state index is 7.61. The maximum Gasteiger partial charge on any atom is 0.164 e. The Bertz CT molecular complexity index is 517. The quantitative estimate of drug-likeness (QED) is 0.506. The smallest absolute Gasteiger partial charge is 0.164 e. The third-order valence-electron chi connectivity index (χ3n) is 3.16. The first-order valence-electron chi connectivity index (χ1n) is 5.16. The van der Waals surface area contributed by atoms with E-state index in [0.717, 1.165) is 16.9 Å². The van der Waals surface area contributed by atoms with Crippen LogP contribution in [0.2, 0.25) is 0 Å². The highest BCUT2D eigenvalue weighted by atomic mass is 15.3. The van der Waals surface area contributed by atoms with Crippen LogP contribution in [-0.2, 0) is 0 Å². The van der Waals surface area contributed by atoms with Crippen LogP contribution in [-0.4, -0.2) is 20.4 Å². The third-order valence-corrected chi connectivity index (χ3v) is 3.16. The molecule has 4 N–H and O–H groups in total. The molecule has 1 saturated carbocycles. The Kier molecular flexibility index (Phi) is 1.62. The van der Waals surface area contributed by atoms with Crippen LogP contribution in [0.15, 0.2) is 12.4 Å². The number of hydrogen-bond donors (Lipinski definition) is 3. The molecule has 2 aromatic heterocycles. The number of imidazole rings is 1. The van der Waals surface area contributed by atoms with E-state index < -0.39 is 0 Å². The number of fused-ring (bicyclic) bond motifs is 1. The molecule has 0 saturated heterocycles. The minimum Gasteiger partial charge on any atom is -0.384 e. The second-order valence-electron chi connectivity index (χ2n) is 4.06. The first-order valence-corrected chi connectivity index (χ1v) is 5.16. The molecule has 0 amide bonds. The fourth-order valence-electron chi connectivity index (χ4n) is 2.14. The molecule has 0 spiro atoms. The molecular formula is C10H13N5. The zero-order chi connectivity index (χ0) is 10.4. The minimum absolute atomic E-state index is 0.106. The van der Waals surface area contributed by atoms with E-state index in [9.17, 15) is 0 Å². The van der Waals surface area contributed by atoms with E-state index >= 15 is 0 Å². The highest BCUT2D eigenvalue weighted by Crippen LogP contribution is 2.37. The molecule has 78 valence electrons. The maximum atomic E-state index is 7.61. The molecule has 1 fully saturated rings. The summed E-state index contributed by atoms with van der Waals surface area (Å²) in [5, 5.41) is 10.9. The Hall–Kier alpha value is -1.78. The van der Waals surface area contributed by atoms with Crippen molar-refractivity contribution in [2.75, 3.05) is 0 Å². The summed E-state index contributed by atoms with van der Waals surface area (Å²) < 4.78 is 1.84. The summed E-state index contributed by atoms with van der Waals surface area (Å²) in [6.45, 7) is 0. The first kappa shape index (κ1) is 8.52. The van der Waals surface area contributed by atoms with Crippen molar-refractivity contribution < 1.29 is 0 Å². The summed E-state index contributed by atoms with van der Waals surface area (Å²) >= 11 is 0. The molecule has 0 unspecified atom stereocenters. The summed E-state index contributed by atoms with van der Waals surface area (Å²) in [6, 6.07) is 0. The van der Waals surface area contributed by atoms with E-state index in [0.29, 0.717) is 5.92 Å². The topological polar surface area (TPSA) is 83.0 Å². The van der Waals surface area contributed by atoms with Gasteiger partial charge in [0.05, 0.1) is 5.56 Å². The number of amidine groups is 1. The van der Waals surface area contributed by atoms with Crippen molar-refractivity contribution >= 4 is 11.5 Å². The molecule has 2 aromatic rings. The van der Waals surface area contributed by atoms with Gasteiger partial charge in [-0.2, -0.15) is 0 Å². The molecular weight excluding hydrogens is 190 g/mol. The normalized spacial score (nSPS) is 16.8. The van der Waals surface area contributed by atoms with Crippen LogP contribution in [0.3, 0.4) is 0 Å². The Labute approximate surface area is 86.8 Å². The lowest BCUT2D eigenvalue weighted by atomic mass is 9.81. The first-order chi connectivity index (χ1) is 7.27. The molecule has 1 aliphatic rings. The summed E-state index contributed by atoms with van der Waals surface area (Å²) in [4.78, 5) is 4.21. The zero-order valence-corrected chi connectivity index (χ0v) is 8.33. The fraction of sp³-hybridized carbons (Fsp3) is 0.400. The molecule has 0 aromatic carbocycles. The number of nitrogens with one attached hydrogen (secondary N) is 2. The SMILES string of the molecule is N=C(N)c1c(C2CCC2)[nH]n2ccnc12. The molecule has 0 radical (unpaired) electrons. The van der Waals surface area contributed by atoms with E-state index in [4.69, 9.17) is 11.1 Å². The lowest BCUT2D eigenvalue weighted by molar-refractivity contribution is 0.409. The van der Waals surface area contributed by atoms with Gasteiger partial charge < -0.3 is 5.73 Å². The highest BCUT2D eigenvalue weighted by molar-refractivity contribution is 6.01. The molecule has 2 heterocycles. The molecule has 3 rings (SSSR count). The van der Waals surface area contributed by atoms with Crippen molar-refractivity contribution in [2.24, 2.45) is 5.73 Å². The van der Waals surface area contributed by atoms with Gasteiger partial charge in [-0.05, 0) is 12.8 Å². The number of aromatic nitrogens is 3. The Balaban J connectivity index is 2.22. The van der Waals surface area contributed by atoms with Crippen LogP contribution in [0.1, 0.15) is 36.4 Å². The predicted molar refractivity (Wildman–Crippen MR) is 57.2 cm³/mol. The van der Waals surface area contributed by atoms with Crippen molar-refractivity contribution in [3.8, 4) is 0 Å². The Morgan fingerprint density at radius 1 is 1.60 bits per heavy atom. The summed E-state index contributed by atoms with van der Waals surface area (Å²) in [5.41, 5.74) is 8.24. The minimum atomic E-state index is 0.106. The van der Waals surface area contributed by atoms with Crippen LogP contribution in [0.4, 0.5) is 0 Å². The standard InChI is InChI=1S/C10H13N5/c11-9(12)7-8(6-2-1-3-6)14-15-5-4-13-10(7)15/h4-6,14H,1-3H2,(H3,11,12). The van der Waals surface area contributed by atoms with E-state index in [1.807, 2.05) is 10.7 Å². The van der Waals surface area contributed by atoms with E-state index in [1.165, 1.54) is 19.3 Å². The number of nitrogen functional groups attached to an aromatic ring is 1. The molecule has 1 aliphatic carbocycles. The summed E-state index contributed by atoms with van der Waals surface area (Å²) in [7, 11) is 0. The number of H-pyrrole nitrogens is 1. The van der Waals surface area contributed by atoms with Crippen LogP contribution in [0.5, 0.6) is 0 Å². The average Bonchev–Trinajstić information content (AvgIpc) is 2.58. The lowest BCUT2D eigenvalue weighted by Gasteiger charge is -2.24. The van der Waals surface area contributed by atoms with Crippen LogP contribution < -0.4 is 5.73 Å². The number of aromatic amines is 1. The molecule has 0 atom stereocenters. The van der Waals surface area contributed by atoms with Crippen LogP contribution in [0, 0.1) is 5.41 Å². The van der Waals surface area contributed by atoms with E-state index in [2.05, 4.69) is 10.1 Å². The van der Waals surface area contributed by atoms with Gasteiger partial charge in [-0.15, -0.1) is 0 Å². The Morgan fingerprint density at radius 2 is 2.40 bits per heavy atom. The number of rotatable bonds is 2. The van der Waals surface area contributed by atoms with Crippen LogP contribution in [0.25, 0.3) is 5.65 Å². The second-order valence-corrected chi connectivity index (χ2v) is 4.06. The van der Waals surface area contributed by atoms with Crippen molar-refractivity contribution in [1.82, 2.24) is 14.6 Å². The fourth-order valence-corrected chi connectivity index (χ4v) is 2.14. The van der Waals surface area contributed by atoms with Gasteiger partial charge in [0, 0.05) is 24.0 Å². The van der Waals surface area contributed by atoms with Gasteiger partial charge in [0.2, 0.25) is 0 Å². The zero-order valence-electron chi connectivity index (χ0n) is 8.33. The molecule has 15 heavy (non-hydrogen) atoms. The predicted octanol–water partition coefficient (Wildman–Crippen LogP) is 1.21. The number of nitrogens with two attached hydrogens (primary N) is 1. The molecule has 5 heteroatoms. The average molecular weight is 203 g/mol. The van der Waals surface area contributed by atoms with Crippen molar-refractivity contribution in [1.29, 1.82) is 5.41 Å². The van der Waals surface area contributed by atoms with Gasteiger partial charge in [0.1, 0.15) is 5.84 Å². The number of nitrogens with zero attached hydrogens (tertiary/aromatic N) is 2. The molecule has 0 aliphatic heterocycles. The Morgan fingerprint density at radius 3 is 3.00 bits per heavy atom. The molecule has 5 nitrogen and oxygen atoms in total. The van der Waals surface area contributed by atoms with Crippen molar-refractivity contribution in [3.05, 3.63) is 23.7 Å². The van der Waals surface area contributed by atoms with Crippen molar-refractivity contribution in [2.45, 2.75) is 25.2 Å². The summed E-state index contributed by atoms with van der Waals surface area (Å²) in [6.07, 6.45) is 7.20. The van der Waals surface area contributed by atoms with Gasteiger partial charge in [-0.25, -0.2) is 9.50 Å². The van der Waals surface area contributed by atoms with Gasteiger partial charge in [-0.3, -0.25) is 10.5 Å². The monoisotopic (exact) mass is 203 g/mol. The van der Waals surface area contributed by atoms with E-state index in [-0.39, 0.29) is 5.84 Å². The van der Waals surface area contributed by atoms with Gasteiger partial charge in [0.15, 0.2) is 5.65 Å². The van der Waals surface area contributed by atoms with Gasteiger partial charge >= 0.3 is 0 Å². The lowest BCUT2D eigenvalue weighted by Crippen LogP contribution is -2.18. The van der Waals surface area contributed by atoms with Gasteiger partial charge in [-0.1, -0.05) is 6.42 Å². The number of hydrogen-bond acceptors (Lipinski definition) is 2. The summed E-state index contributed by atoms with van der Waals surface area (Å²) in [5.74, 6) is 0.639. The van der Waals surface area contributed by atoms with Crippen LogP contribution >= 0.6 is 0 Å². The van der Waals surface area contributed by atoms with E-state index in [1.54, 1.807) is 6.20 Å². The second kappa shape index (κ2) is 2.85.